The number of benzene rings is 1. The molecule has 2 N–H and O–H groups in total. The van der Waals surface area contributed by atoms with Crippen molar-refractivity contribution in [3.05, 3.63) is 46.0 Å². The number of hydrogen-bond donors (Lipinski definition) is 2. The third-order valence-corrected chi connectivity index (χ3v) is 4.37. The van der Waals surface area contributed by atoms with Crippen LogP contribution in [0, 0.1) is 0 Å². The Morgan fingerprint density at radius 1 is 1.14 bits per heavy atom. The van der Waals surface area contributed by atoms with Gasteiger partial charge in [-0.25, -0.2) is 0 Å². The zero-order valence-corrected chi connectivity index (χ0v) is 14.1. The lowest BCUT2D eigenvalue weighted by atomic mass is 9.97. The summed E-state index contributed by atoms with van der Waals surface area (Å²) in [5, 5.41) is 5.48. The summed E-state index contributed by atoms with van der Waals surface area (Å²) >= 11 is 3.32. The molecule has 4 nitrogen and oxygen atoms in total. The SMILES string of the molecule is O=C(CNC(=O)c1ccccc1Br)NCCC1=CCCCC1. The van der Waals surface area contributed by atoms with Crippen molar-refractivity contribution in [1.29, 1.82) is 0 Å². The summed E-state index contributed by atoms with van der Waals surface area (Å²) in [5.41, 5.74) is 1.96. The first kappa shape index (κ1) is 16.7. The van der Waals surface area contributed by atoms with Gasteiger partial charge in [-0.2, -0.15) is 0 Å². The number of nitrogens with one attached hydrogen (secondary N) is 2. The average molecular weight is 365 g/mol. The number of carbonyl (C=O) groups excluding carboxylic acids is 2. The molecule has 0 radical (unpaired) electrons. The average Bonchev–Trinajstić information content (AvgIpc) is 2.54. The van der Waals surface area contributed by atoms with Crippen LogP contribution in [0.4, 0.5) is 0 Å². The molecule has 118 valence electrons. The van der Waals surface area contributed by atoms with E-state index in [1.165, 1.54) is 18.4 Å². The van der Waals surface area contributed by atoms with E-state index < -0.39 is 0 Å². The van der Waals surface area contributed by atoms with Gasteiger partial charge in [0.25, 0.3) is 5.91 Å². The zero-order chi connectivity index (χ0) is 15.8. The maximum absolute atomic E-state index is 12.0. The number of carbonyl (C=O) groups is 2. The fourth-order valence-electron chi connectivity index (χ4n) is 2.46. The smallest absolute Gasteiger partial charge is 0.252 e. The predicted octanol–water partition coefficient (Wildman–Crippen LogP) is 3.19. The molecule has 2 amide bonds. The lowest BCUT2D eigenvalue weighted by Gasteiger charge is -2.13. The minimum Gasteiger partial charge on any atom is -0.354 e. The lowest BCUT2D eigenvalue weighted by molar-refractivity contribution is -0.120. The van der Waals surface area contributed by atoms with E-state index in [1.54, 1.807) is 18.2 Å². The van der Waals surface area contributed by atoms with Crippen LogP contribution in [-0.2, 0) is 4.79 Å². The van der Waals surface area contributed by atoms with Crippen molar-refractivity contribution in [2.24, 2.45) is 0 Å². The summed E-state index contributed by atoms with van der Waals surface area (Å²) in [6.07, 6.45) is 8.02. The monoisotopic (exact) mass is 364 g/mol. The zero-order valence-electron chi connectivity index (χ0n) is 12.5. The van der Waals surface area contributed by atoms with Gasteiger partial charge in [-0.05, 0) is 60.2 Å². The van der Waals surface area contributed by atoms with Crippen LogP contribution in [0.5, 0.6) is 0 Å². The summed E-state index contributed by atoms with van der Waals surface area (Å²) in [5.74, 6) is -0.408. The molecular weight excluding hydrogens is 344 g/mol. The highest BCUT2D eigenvalue weighted by molar-refractivity contribution is 9.10. The van der Waals surface area contributed by atoms with E-state index in [0.29, 0.717) is 12.1 Å². The number of amides is 2. The summed E-state index contributed by atoms with van der Waals surface area (Å²) in [6.45, 7) is 0.634. The number of rotatable bonds is 6. The Balaban J connectivity index is 1.68. The van der Waals surface area contributed by atoms with Gasteiger partial charge in [0.15, 0.2) is 0 Å². The van der Waals surface area contributed by atoms with Gasteiger partial charge in [0.05, 0.1) is 12.1 Å². The van der Waals surface area contributed by atoms with Gasteiger partial charge in [-0.3, -0.25) is 9.59 Å². The van der Waals surface area contributed by atoms with Gasteiger partial charge in [0.2, 0.25) is 5.91 Å². The Morgan fingerprint density at radius 3 is 2.68 bits per heavy atom. The summed E-state index contributed by atoms with van der Waals surface area (Å²) in [6, 6.07) is 7.14. The molecule has 0 spiro atoms. The molecule has 0 fully saturated rings. The molecule has 2 rings (SSSR count). The molecular formula is C17H21BrN2O2. The van der Waals surface area contributed by atoms with Crippen LogP contribution in [0.15, 0.2) is 40.4 Å². The Hall–Kier alpha value is -1.62. The Labute approximate surface area is 139 Å². The van der Waals surface area contributed by atoms with Crippen molar-refractivity contribution in [3.63, 3.8) is 0 Å². The van der Waals surface area contributed by atoms with Crippen LogP contribution >= 0.6 is 15.9 Å². The van der Waals surface area contributed by atoms with E-state index in [0.717, 1.165) is 23.7 Å². The maximum atomic E-state index is 12.0. The minimum absolute atomic E-state index is 0.000779. The largest absolute Gasteiger partial charge is 0.354 e. The first-order valence-electron chi connectivity index (χ1n) is 7.64. The van der Waals surface area contributed by atoms with Crippen LogP contribution in [0.2, 0.25) is 0 Å². The first-order chi connectivity index (χ1) is 10.7. The fraction of sp³-hybridized carbons (Fsp3) is 0.412. The second-order valence-corrected chi connectivity index (χ2v) is 6.22. The van der Waals surface area contributed by atoms with Crippen molar-refractivity contribution in [3.8, 4) is 0 Å². The van der Waals surface area contributed by atoms with E-state index in [9.17, 15) is 9.59 Å². The lowest BCUT2D eigenvalue weighted by Crippen LogP contribution is -2.37. The molecule has 0 aromatic heterocycles. The van der Waals surface area contributed by atoms with Crippen LogP contribution in [-0.4, -0.2) is 24.9 Å². The van der Waals surface area contributed by atoms with Gasteiger partial charge in [-0.15, -0.1) is 0 Å². The predicted molar refractivity (Wildman–Crippen MR) is 90.7 cm³/mol. The van der Waals surface area contributed by atoms with Gasteiger partial charge < -0.3 is 10.6 Å². The number of allylic oxidation sites excluding steroid dienone is 1. The Morgan fingerprint density at radius 2 is 1.95 bits per heavy atom. The van der Waals surface area contributed by atoms with E-state index in [4.69, 9.17) is 0 Å². The normalized spacial score (nSPS) is 14.1. The van der Waals surface area contributed by atoms with E-state index in [2.05, 4.69) is 32.6 Å². The molecule has 0 aliphatic heterocycles. The third-order valence-electron chi connectivity index (χ3n) is 3.68. The topological polar surface area (TPSA) is 58.2 Å². The van der Waals surface area contributed by atoms with Gasteiger partial charge >= 0.3 is 0 Å². The molecule has 1 aliphatic carbocycles. The molecule has 0 saturated carbocycles. The van der Waals surface area contributed by atoms with Gasteiger partial charge in [-0.1, -0.05) is 23.8 Å². The first-order valence-corrected chi connectivity index (χ1v) is 8.43. The fourth-order valence-corrected chi connectivity index (χ4v) is 2.92. The Bertz CT molecular complexity index is 570. The molecule has 1 aromatic carbocycles. The van der Waals surface area contributed by atoms with Crippen molar-refractivity contribution in [2.45, 2.75) is 32.1 Å². The molecule has 0 saturated heterocycles. The van der Waals surface area contributed by atoms with E-state index in [1.807, 2.05) is 6.07 Å². The van der Waals surface area contributed by atoms with Gasteiger partial charge in [0.1, 0.15) is 0 Å². The maximum Gasteiger partial charge on any atom is 0.252 e. The molecule has 0 atom stereocenters. The molecule has 22 heavy (non-hydrogen) atoms. The van der Waals surface area contributed by atoms with Crippen LogP contribution in [0.25, 0.3) is 0 Å². The Kier molecular flexibility index (Phi) is 6.65. The molecule has 0 bridgehead atoms. The van der Waals surface area contributed by atoms with E-state index >= 15 is 0 Å². The quantitative estimate of drug-likeness (QED) is 0.761. The van der Waals surface area contributed by atoms with Crippen molar-refractivity contribution in [2.75, 3.05) is 13.1 Å². The molecule has 0 heterocycles. The van der Waals surface area contributed by atoms with E-state index in [-0.39, 0.29) is 18.4 Å². The molecule has 1 aromatic rings. The summed E-state index contributed by atoms with van der Waals surface area (Å²) in [4.78, 5) is 23.7. The van der Waals surface area contributed by atoms with Crippen molar-refractivity contribution in [1.82, 2.24) is 10.6 Å². The summed E-state index contributed by atoms with van der Waals surface area (Å²) in [7, 11) is 0. The van der Waals surface area contributed by atoms with Gasteiger partial charge in [0, 0.05) is 11.0 Å². The van der Waals surface area contributed by atoms with Crippen LogP contribution in [0.1, 0.15) is 42.5 Å². The minimum atomic E-state index is -0.252. The third kappa shape index (κ3) is 5.30. The number of halogens is 1. The highest BCUT2D eigenvalue weighted by Gasteiger charge is 2.10. The number of hydrogen-bond acceptors (Lipinski definition) is 2. The molecule has 5 heteroatoms. The van der Waals surface area contributed by atoms with Crippen molar-refractivity contribution < 1.29 is 9.59 Å². The summed E-state index contributed by atoms with van der Waals surface area (Å²) < 4.78 is 0.720. The van der Waals surface area contributed by atoms with Crippen LogP contribution < -0.4 is 10.6 Å². The second kappa shape index (κ2) is 8.73. The highest BCUT2D eigenvalue weighted by atomic mass is 79.9. The molecule has 1 aliphatic rings. The highest BCUT2D eigenvalue weighted by Crippen LogP contribution is 2.19. The second-order valence-electron chi connectivity index (χ2n) is 5.37. The van der Waals surface area contributed by atoms with Crippen molar-refractivity contribution >= 4 is 27.7 Å². The molecule has 0 unspecified atom stereocenters. The van der Waals surface area contributed by atoms with Crippen LogP contribution in [0.3, 0.4) is 0 Å². The standard InChI is InChI=1S/C17H21BrN2O2/c18-15-9-5-4-8-14(15)17(22)20-12-16(21)19-11-10-13-6-2-1-3-7-13/h4-6,8-9H,1-3,7,10-12H2,(H,19,21)(H,20,22).